The molecule has 0 aliphatic carbocycles. The summed E-state index contributed by atoms with van der Waals surface area (Å²) in [5.41, 5.74) is 3.67. The van der Waals surface area contributed by atoms with Crippen molar-refractivity contribution in [3.8, 4) is 0 Å². The van der Waals surface area contributed by atoms with Gasteiger partial charge in [0.1, 0.15) is 0 Å². The Bertz CT molecular complexity index is 847. The van der Waals surface area contributed by atoms with Crippen molar-refractivity contribution in [1.29, 1.82) is 0 Å². The number of nitrogens with zero attached hydrogens (tertiary/aromatic N) is 1. The summed E-state index contributed by atoms with van der Waals surface area (Å²) >= 11 is 0. The molecule has 25 heavy (non-hydrogen) atoms. The van der Waals surface area contributed by atoms with Crippen LogP contribution in [0, 0.1) is 13.8 Å². The minimum absolute atomic E-state index is 0.267. The lowest BCUT2D eigenvalue weighted by molar-refractivity contribution is 0.121. The van der Waals surface area contributed by atoms with E-state index in [1.54, 1.807) is 31.4 Å². The van der Waals surface area contributed by atoms with Crippen LogP contribution in [-0.4, -0.2) is 34.7 Å². The van der Waals surface area contributed by atoms with Crippen LogP contribution in [0.3, 0.4) is 0 Å². The number of hydrogen-bond donors (Lipinski definition) is 1. The Morgan fingerprint density at radius 2 is 1.80 bits per heavy atom. The molecule has 0 bridgehead atoms. The van der Waals surface area contributed by atoms with E-state index < -0.39 is 10.0 Å². The molecule has 0 amide bonds. The van der Waals surface area contributed by atoms with Crippen LogP contribution < -0.4 is 9.62 Å². The van der Waals surface area contributed by atoms with Gasteiger partial charge in [0.05, 0.1) is 11.0 Å². The predicted octanol–water partition coefficient (Wildman–Crippen LogP) is 3.33. The number of sulfonamides is 1. The SMILES string of the molecule is COC1CCN(c2ccc(NS(=O)(=O)c3ccc(C)c(C)c3)cc2)C1. The van der Waals surface area contributed by atoms with E-state index in [0.29, 0.717) is 5.69 Å². The Hall–Kier alpha value is -2.05. The van der Waals surface area contributed by atoms with Crippen LogP contribution >= 0.6 is 0 Å². The van der Waals surface area contributed by atoms with Gasteiger partial charge in [-0.25, -0.2) is 8.42 Å². The van der Waals surface area contributed by atoms with Crippen LogP contribution in [0.15, 0.2) is 47.4 Å². The third-order valence-corrected chi connectivity index (χ3v) is 6.13. The highest BCUT2D eigenvalue weighted by Crippen LogP contribution is 2.25. The molecule has 0 spiro atoms. The molecular formula is C19H24N2O3S. The lowest BCUT2D eigenvalue weighted by Crippen LogP contribution is -2.22. The lowest BCUT2D eigenvalue weighted by Gasteiger charge is -2.19. The Balaban J connectivity index is 1.73. The van der Waals surface area contributed by atoms with Gasteiger partial charge in [0, 0.05) is 31.6 Å². The summed E-state index contributed by atoms with van der Waals surface area (Å²) in [6.07, 6.45) is 1.28. The van der Waals surface area contributed by atoms with E-state index in [9.17, 15) is 8.42 Å². The normalized spacial score (nSPS) is 17.7. The Morgan fingerprint density at radius 3 is 2.40 bits per heavy atom. The summed E-state index contributed by atoms with van der Waals surface area (Å²) in [5, 5.41) is 0. The van der Waals surface area contributed by atoms with E-state index in [4.69, 9.17) is 4.74 Å². The second kappa shape index (κ2) is 7.06. The number of anilines is 2. The Morgan fingerprint density at radius 1 is 1.08 bits per heavy atom. The van der Waals surface area contributed by atoms with E-state index in [1.807, 2.05) is 32.0 Å². The van der Waals surface area contributed by atoms with E-state index in [0.717, 1.165) is 36.3 Å². The molecule has 1 fully saturated rings. The maximum atomic E-state index is 12.6. The van der Waals surface area contributed by atoms with Crippen molar-refractivity contribution >= 4 is 21.4 Å². The summed E-state index contributed by atoms with van der Waals surface area (Å²) < 4.78 is 33.1. The number of benzene rings is 2. The molecule has 1 aliphatic rings. The zero-order valence-electron chi connectivity index (χ0n) is 14.8. The summed E-state index contributed by atoms with van der Waals surface area (Å²) in [4.78, 5) is 2.53. The topological polar surface area (TPSA) is 58.6 Å². The van der Waals surface area contributed by atoms with Crippen molar-refractivity contribution in [3.05, 3.63) is 53.6 Å². The fourth-order valence-electron chi connectivity index (χ4n) is 2.99. The molecule has 1 saturated heterocycles. The molecule has 1 heterocycles. The molecule has 1 aliphatic heterocycles. The van der Waals surface area contributed by atoms with Gasteiger partial charge in [-0.1, -0.05) is 6.07 Å². The molecule has 134 valence electrons. The van der Waals surface area contributed by atoms with E-state index >= 15 is 0 Å². The highest BCUT2D eigenvalue weighted by molar-refractivity contribution is 7.92. The average molecular weight is 360 g/mol. The maximum Gasteiger partial charge on any atom is 0.261 e. The lowest BCUT2D eigenvalue weighted by atomic mass is 10.1. The minimum Gasteiger partial charge on any atom is -0.380 e. The van der Waals surface area contributed by atoms with Crippen molar-refractivity contribution in [2.24, 2.45) is 0 Å². The van der Waals surface area contributed by atoms with Gasteiger partial charge in [0.2, 0.25) is 0 Å². The van der Waals surface area contributed by atoms with E-state index in [1.165, 1.54) is 0 Å². The second-order valence-corrected chi connectivity index (χ2v) is 8.17. The highest BCUT2D eigenvalue weighted by atomic mass is 32.2. The molecule has 3 rings (SSSR count). The molecule has 2 aromatic rings. The fourth-order valence-corrected chi connectivity index (χ4v) is 4.13. The number of hydrogen-bond acceptors (Lipinski definition) is 4. The van der Waals surface area contributed by atoms with Crippen LogP contribution in [0.4, 0.5) is 11.4 Å². The van der Waals surface area contributed by atoms with Crippen LogP contribution in [0.2, 0.25) is 0 Å². The Kier molecular flexibility index (Phi) is 5.01. The third-order valence-electron chi connectivity index (χ3n) is 4.75. The zero-order valence-corrected chi connectivity index (χ0v) is 15.6. The summed E-state index contributed by atoms with van der Waals surface area (Å²) in [6, 6.07) is 12.6. The molecule has 0 aromatic heterocycles. The smallest absolute Gasteiger partial charge is 0.261 e. The molecule has 5 nitrogen and oxygen atoms in total. The van der Waals surface area contributed by atoms with E-state index in [-0.39, 0.29) is 11.0 Å². The number of ether oxygens (including phenoxy) is 1. The second-order valence-electron chi connectivity index (χ2n) is 6.49. The first-order valence-electron chi connectivity index (χ1n) is 8.37. The Labute approximate surface area is 149 Å². The number of aryl methyl sites for hydroxylation is 2. The minimum atomic E-state index is -3.58. The van der Waals surface area contributed by atoms with Crippen molar-refractivity contribution in [3.63, 3.8) is 0 Å². The van der Waals surface area contributed by atoms with Gasteiger partial charge in [-0.3, -0.25) is 4.72 Å². The quantitative estimate of drug-likeness (QED) is 0.889. The van der Waals surface area contributed by atoms with Gasteiger partial charge in [-0.2, -0.15) is 0 Å². The number of rotatable bonds is 5. The van der Waals surface area contributed by atoms with E-state index in [2.05, 4.69) is 9.62 Å². The highest BCUT2D eigenvalue weighted by Gasteiger charge is 2.22. The average Bonchev–Trinajstić information content (AvgIpc) is 3.06. The van der Waals surface area contributed by atoms with Crippen molar-refractivity contribution in [1.82, 2.24) is 0 Å². The van der Waals surface area contributed by atoms with Crippen LogP contribution in [0.1, 0.15) is 17.5 Å². The molecule has 1 N–H and O–H groups in total. The van der Waals surface area contributed by atoms with Crippen molar-refractivity contribution in [2.45, 2.75) is 31.3 Å². The molecule has 6 heteroatoms. The summed E-state index contributed by atoms with van der Waals surface area (Å²) in [7, 11) is -1.85. The number of methoxy groups -OCH3 is 1. The maximum absolute atomic E-state index is 12.6. The molecule has 1 atom stereocenters. The molecule has 0 radical (unpaired) electrons. The summed E-state index contributed by atoms with van der Waals surface area (Å²) in [5.74, 6) is 0. The number of nitrogens with one attached hydrogen (secondary N) is 1. The predicted molar refractivity (Wildman–Crippen MR) is 101 cm³/mol. The third kappa shape index (κ3) is 3.96. The fraction of sp³-hybridized carbons (Fsp3) is 0.368. The van der Waals surface area contributed by atoms with Gasteiger partial charge in [-0.05, 0) is 67.8 Å². The standard InChI is InChI=1S/C19H24N2O3S/c1-14-4-9-19(12-15(14)2)25(22,23)20-16-5-7-17(8-6-16)21-11-10-18(13-21)24-3/h4-9,12,18,20H,10-11,13H2,1-3H3. The first kappa shape index (κ1) is 17.8. The molecular weight excluding hydrogens is 336 g/mol. The van der Waals surface area contributed by atoms with Gasteiger partial charge in [-0.15, -0.1) is 0 Å². The van der Waals surface area contributed by atoms with Gasteiger partial charge in [0.15, 0.2) is 0 Å². The van der Waals surface area contributed by atoms with Crippen molar-refractivity contribution < 1.29 is 13.2 Å². The van der Waals surface area contributed by atoms with Crippen molar-refractivity contribution in [2.75, 3.05) is 29.8 Å². The van der Waals surface area contributed by atoms with Crippen LogP contribution in [0.25, 0.3) is 0 Å². The van der Waals surface area contributed by atoms with Gasteiger partial charge in [0.25, 0.3) is 10.0 Å². The van der Waals surface area contributed by atoms with Crippen LogP contribution in [-0.2, 0) is 14.8 Å². The molecule has 2 aromatic carbocycles. The first-order chi connectivity index (χ1) is 11.9. The molecule has 0 saturated carbocycles. The monoisotopic (exact) mass is 360 g/mol. The first-order valence-corrected chi connectivity index (χ1v) is 9.85. The molecule has 1 unspecified atom stereocenters. The van der Waals surface area contributed by atoms with Gasteiger partial charge >= 0.3 is 0 Å². The van der Waals surface area contributed by atoms with Gasteiger partial charge < -0.3 is 9.64 Å². The summed E-state index contributed by atoms with van der Waals surface area (Å²) in [6.45, 7) is 5.69. The van der Waals surface area contributed by atoms with Crippen LogP contribution in [0.5, 0.6) is 0 Å². The zero-order chi connectivity index (χ0) is 18.0. The largest absolute Gasteiger partial charge is 0.380 e.